The van der Waals surface area contributed by atoms with Gasteiger partial charge in [0.05, 0.1) is 13.1 Å². The molecule has 0 aliphatic carbocycles. The molecule has 1 fully saturated rings. The first-order valence-electron chi connectivity index (χ1n) is 14.2. The first-order chi connectivity index (χ1) is 21.7. The second-order valence-electron chi connectivity index (χ2n) is 10.5. The number of aromatic nitrogens is 8. The van der Waals surface area contributed by atoms with E-state index in [9.17, 15) is 0 Å². The third kappa shape index (κ3) is 5.80. The average Bonchev–Trinajstić information content (AvgIpc) is 3.88. The van der Waals surface area contributed by atoms with Crippen LogP contribution in [0.4, 0.5) is 8.78 Å². The van der Waals surface area contributed by atoms with Crippen LogP contribution in [-0.2, 0) is 13.1 Å². The molecule has 2 atom stereocenters. The van der Waals surface area contributed by atoms with E-state index in [1.54, 1.807) is 56.3 Å². The van der Waals surface area contributed by atoms with Gasteiger partial charge in [-0.05, 0) is 55.9 Å². The molecule has 4 aromatic heterocycles. The van der Waals surface area contributed by atoms with Crippen LogP contribution >= 0.6 is 22.7 Å². The quantitative estimate of drug-likeness (QED) is 0.216. The maximum absolute atomic E-state index is 15.4. The summed E-state index contributed by atoms with van der Waals surface area (Å²) in [5.74, 6) is 0.509. The lowest BCUT2D eigenvalue weighted by Gasteiger charge is -2.41. The van der Waals surface area contributed by atoms with Crippen molar-refractivity contribution in [3.8, 4) is 0 Å². The SMILES string of the molecule is Fc1ccccc1[C@H](c1nnnn1Cc1cccs1)N1CCN([C@@H](c2ccccc2F)c2nnnn2Cc2cccs2)CC1. The molecule has 1 saturated heterocycles. The molecular formula is C30H28F2N10S2. The van der Waals surface area contributed by atoms with Crippen molar-refractivity contribution in [1.29, 1.82) is 0 Å². The van der Waals surface area contributed by atoms with Gasteiger partial charge >= 0.3 is 0 Å². The fourth-order valence-electron chi connectivity index (χ4n) is 5.79. The van der Waals surface area contributed by atoms with Crippen LogP contribution in [0.5, 0.6) is 0 Å². The highest BCUT2D eigenvalue weighted by Gasteiger charge is 2.37. The molecule has 2 aromatic carbocycles. The van der Waals surface area contributed by atoms with E-state index in [1.807, 2.05) is 47.2 Å². The van der Waals surface area contributed by atoms with Crippen molar-refractivity contribution in [2.24, 2.45) is 0 Å². The van der Waals surface area contributed by atoms with Gasteiger partial charge in [0.15, 0.2) is 11.6 Å². The third-order valence-corrected chi connectivity index (χ3v) is 9.58. The molecule has 0 N–H and O–H groups in total. The van der Waals surface area contributed by atoms with E-state index in [4.69, 9.17) is 0 Å². The molecule has 224 valence electrons. The minimum absolute atomic E-state index is 0.317. The minimum Gasteiger partial charge on any atom is -0.287 e. The summed E-state index contributed by atoms with van der Waals surface area (Å²) in [6.45, 7) is 3.22. The summed E-state index contributed by atoms with van der Waals surface area (Å²) in [4.78, 5) is 6.59. The number of nitrogens with zero attached hydrogens (tertiary/aromatic N) is 10. The molecule has 1 aliphatic rings. The third-order valence-electron chi connectivity index (χ3n) is 7.86. The van der Waals surface area contributed by atoms with Crippen LogP contribution in [-0.4, -0.2) is 76.4 Å². The molecule has 0 amide bonds. The summed E-state index contributed by atoms with van der Waals surface area (Å²) in [6.07, 6.45) is 0. The molecule has 44 heavy (non-hydrogen) atoms. The summed E-state index contributed by atoms with van der Waals surface area (Å²) < 4.78 is 34.2. The Kier molecular flexibility index (Phi) is 8.29. The number of thiophene rings is 2. The van der Waals surface area contributed by atoms with Gasteiger partial charge in [-0.15, -0.1) is 32.9 Å². The molecular weight excluding hydrogens is 603 g/mol. The number of benzene rings is 2. The number of hydrogen-bond donors (Lipinski definition) is 0. The molecule has 0 spiro atoms. The zero-order chi connectivity index (χ0) is 29.9. The largest absolute Gasteiger partial charge is 0.287 e. The van der Waals surface area contributed by atoms with Crippen LogP contribution < -0.4 is 0 Å². The predicted molar refractivity (Wildman–Crippen MR) is 162 cm³/mol. The molecule has 10 nitrogen and oxygen atoms in total. The van der Waals surface area contributed by atoms with Crippen LogP contribution in [0.25, 0.3) is 0 Å². The Bertz CT molecular complexity index is 1660. The molecule has 0 unspecified atom stereocenters. The predicted octanol–water partition coefficient (Wildman–Crippen LogP) is 4.65. The fraction of sp³-hybridized carbons (Fsp3) is 0.267. The van der Waals surface area contributed by atoms with Crippen molar-refractivity contribution in [3.63, 3.8) is 0 Å². The molecule has 0 bridgehead atoms. The zero-order valence-corrected chi connectivity index (χ0v) is 25.2. The first kappa shape index (κ1) is 28.5. The van der Waals surface area contributed by atoms with E-state index in [1.165, 1.54) is 12.1 Å². The van der Waals surface area contributed by atoms with E-state index < -0.39 is 12.1 Å². The number of piperazine rings is 1. The minimum atomic E-state index is -0.510. The van der Waals surface area contributed by atoms with Gasteiger partial charge in [-0.1, -0.05) is 48.5 Å². The molecule has 6 aromatic rings. The van der Waals surface area contributed by atoms with Gasteiger partial charge in [0.1, 0.15) is 23.7 Å². The number of hydrogen-bond acceptors (Lipinski definition) is 10. The van der Waals surface area contributed by atoms with Crippen LogP contribution in [0, 0.1) is 11.6 Å². The molecule has 14 heteroatoms. The zero-order valence-electron chi connectivity index (χ0n) is 23.5. The summed E-state index contributed by atoms with van der Waals surface area (Å²) in [7, 11) is 0. The van der Waals surface area contributed by atoms with Crippen molar-refractivity contribution < 1.29 is 8.78 Å². The molecule has 5 heterocycles. The van der Waals surface area contributed by atoms with Gasteiger partial charge in [0.2, 0.25) is 0 Å². The van der Waals surface area contributed by atoms with Gasteiger partial charge in [-0.2, -0.15) is 0 Å². The van der Waals surface area contributed by atoms with Crippen LogP contribution in [0.2, 0.25) is 0 Å². The van der Waals surface area contributed by atoms with Crippen LogP contribution in [0.3, 0.4) is 0 Å². The van der Waals surface area contributed by atoms with Crippen LogP contribution in [0.15, 0.2) is 83.6 Å². The topological polar surface area (TPSA) is 93.7 Å². The van der Waals surface area contributed by atoms with Crippen molar-refractivity contribution in [2.45, 2.75) is 25.2 Å². The second-order valence-corrected chi connectivity index (χ2v) is 12.5. The Hall–Kier alpha value is -4.24. The second kappa shape index (κ2) is 12.8. The molecule has 7 rings (SSSR count). The summed E-state index contributed by atoms with van der Waals surface area (Å²) in [5, 5.41) is 29.3. The maximum atomic E-state index is 15.4. The molecule has 1 aliphatic heterocycles. The highest BCUT2D eigenvalue weighted by atomic mass is 32.1. The van der Waals surface area contributed by atoms with E-state index in [2.05, 4.69) is 40.9 Å². The molecule has 0 radical (unpaired) electrons. The molecule has 0 saturated carbocycles. The Balaban J connectivity index is 1.20. The average molecular weight is 631 g/mol. The van der Waals surface area contributed by atoms with Gasteiger partial charge in [-0.25, -0.2) is 18.1 Å². The van der Waals surface area contributed by atoms with Crippen LogP contribution in [0.1, 0.15) is 44.6 Å². The highest BCUT2D eigenvalue weighted by molar-refractivity contribution is 7.10. The maximum Gasteiger partial charge on any atom is 0.173 e. The smallest absolute Gasteiger partial charge is 0.173 e. The fourth-order valence-corrected chi connectivity index (χ4v) is 7.16. The summed E-state index contributed by atoms with van der Waals surface area (Å²) in [6, 6.07) is 20.5. The van der Waals surface area contributed by atoms with Gasteiger partial charge < -0.3 is 0 Å². The Morgan fingerprint density at radius 2 is 1.02 bits per heavy atom. The van der Waals surface area contributed by atoms with Crippen molar-refractivity contribution in [1.82, 2.24) is 50.2 Å². The van der Waals surface area contributed by atoms with Crippen molar-refractivity contribution in [2.75, 3.05) is 26.2 Å². The first-order valence-corrected chi connectivity index (χ1v) is 16.0. The summed E-state index contributed by atoms with van der Waals surface area (Å²) >= 11 is 3.24. The Morgan fingerprint density at radius 1 is 0.591 bits per heavy atom. The van der Waals surface area contributed by atoms with E-state index in [0.29, 0.717) is 62.0 Å². The lowest BCUT2D eigenvalue weighted by molar-refractivity contribution is 0.0805. The Morgan fingerprint density at radius 3 is 1.41 bits per heavy atom. The lowest BCUT2D eigenvalue weighted by atomic mass is 10.00. The summed E-state index contributed by atoms with van der Waals surface area (Å²) in [5.41, 5.74) is 1.02. The van der Waals surface area contributed by atoms with Crippen molar-refractivity contribution in [3.05, 3.63) is 128 Å². The lowest BCUT2D eigenvalue weighted by Crippen LogP contribution is -2.50. The van der Waals surface area contributed by atoms with Crippen molar-refractivity contribution >= 4 is 22.7 Å². The number of tetrazole rings is 2. The number of halogens is 2. The normalized spacial score (nSPS) is 15.9. The van der Waals surface area contributed by atoms with Gasteiger partial charge in [-0.3, -0.25) is 9.80 Å². The standard InChI is InChI=1S/C30H28F2N10S2/c31-25-11-3-1-9-23(25)27(29-33-35-37-41(29)19-21-7-5-17-43-21)39-13-15-40(16-14-39)28(24-10-2-4-12-26(24)32)30-34-36-38-42(30)20-22-8-6-18-44-22/h1-12,17-18,27-28H,13-16,19-20H2/t27-,28+. The number of rotatable bonds is 10. The highest BCUT2D eigenvalue weighted by Crippen LogP contribution is 2.34. The van der Waals surface area contributed by atoms with E-state index in [-0.39, 0.29) is 11.6 Å². The van der Waals surface area contributed by atoms with Gasteiger partial charge in [0.25, 0.3) is 0 Å². The monoisotopic (exact) mass is 630 g/mol. The van der Waals surface area contributed by atoms with Gasteiger partial charge in [0, 0.05) is 47.1 Å². The van der Waals surface area contributed by atoms with E-state index >= 15 is 8.78 Å². The van der Waals surface area contributed by atoms with E-state index in [0.717, 1.165) is 9.75 Å². The Labute approximate surface area is 260 Å².